The molecule has 0 saturated heterocycles. The van der Waals surface area contributed by atoms with E-state index < -0.39 is 0 Å². The Hall–Kier alpha value is -2.34. The molecule has 27 heavy (non-hydrogen) atoms. The average molecular weight is 389 g/mol. The summed E-state index contributed by atoms with van der Waals surface area (Å²) < 4.78 is 1.76. The minimum atomic E-state index is -0.164. The molecule has 1 heterocycles. The maximum atomic E-state index is 12.3. The SMILES string of the molecule is Cc1nn(-c2ccc(C(=O)NCCNC(=O)C3CCCC3)cc2)c(C)c1Cl. The molecule has 1 saturated carbocycles. The number of aryl methyl sites for hydroxylation is 1. The molecule has 2 amide bonds. The molecule has 1 aliphatic rings. The van der Waals surface area contributed by atoms with E-state index in [0.717, 1.165) is 42.8 Å². The molecule has 3 rings (SSSR count). The average Bonchev–Trinajstić information content (AvgIpc) is 3.30. The molecule has 0 spiro atoms. The Kier molecular flexibility index (Phi) is 6.16. The molecule has 6 nitrogen and oxygen atoms in total. The highest BCUT2D eigenvalue weighted by Gasteiger charge is 2.22. The molecule has 2 aromatic rings. The first kappa shape index (κ1) is 19.4. The van der Waals surface area contributed by atoms with Crippen LogP contribution in [0.5, 0.6) is 0 Å². The van der Waals surface area contributed by atoms with E-state index in [1.807, 2.05) is 26.0 Å². The van der Waals surface area contributed by atoms with Crippen LogP contribution in [0, 0.1) is 19.8 Å². The predicted molar refractivity (Wildman–Crippen MR) is 105 cm³/mol. The molecule has 144 valence electrons. The Labute approximate surface area is 164 Å². The predicted octanol–water partition coefficient (Wildman–Crippen LogP) is 3.18. The summed E-state index contributed by atoms with van der Waals surface area (Å²) >= 11 is 6.19. The van der Waals surface area contributed by atoms with E-state index in [2.05, 4.69) is 15.7 Å². The fourth-order valence-corrected chi connectivity index (χ4v) is 3.54. The van der Waals surface area contributed by atoms with Gasteiger partial charge in [0.05, 0.1) is 22.1 Å². The van der Waals surface area contributed by atoms with Crippen LogP contribution in [0.2, 0.25) is 5.02 Å². The number of aromatic nitrogens is 2. The van der Waals surface area contributed by atoms with Crippen LogP contribution in [0.4, 0.5) is 0 Å². The van der Waals surface area contributed by atoms with E-state index in [0.29, 0.717) is 23.7 Å². The van der Waals surface area contributed by atoms with Gasteiger partial charge in [-0.2, -0.15) is 5.10 Å². The van der Waals surface area contributed by atoms with Crippen LogP contribution in [-0.2, 0) is 4.79 Å². The van der Waals surface area contributed by atoms with E-state index >= 15 is 0 Å². The van der Waals surface area contributed by atoms with Gasteiger partial charge in [0, 0.05) is 24.6 Å². The van der Waals surface area contributed by atoms with Crippen LogP contribution >= 0.6 is 11.6 Å². The summed E-state index contributed by atoms with van der Waals surface area (Å²) in [4.78, 5) is 24.2. The van der Waals surface area contributed by atoms with Crippen LogP contribution in [0.25, 0.3) is 5.69 Å². The van der Waals surface area contributed by atoms with Crippen molar-refractivity contribution >= 4 is 23.4 Å². The van der Waals surface area contributed by atoms with Crippen LogP contribution in [0.3, 0.4) is 0 Å². The molecule has 7 heteroatoms. The van der Waals surface area contributed by atoms with E-state index in [1.54, 1.807) is 16.8 Å². The smallest absolute Gasteiger partial charge is 0.251 e. The lowest BCUT2D eigenvalue weighted by atomic mass is 10.1. The maximum Gasteiger partial charge on any atom is 0.251 e. The highest BCUT2D eigenvalue weighted by molar-refractivity contribution is 6.31. The fraction of sp³-hybridized carbons (Fsp3) is 0.450. The van der Waals surface area contributed by atoms with Crippen LogP contribution in [0.1, 0.15) is 47.4 Å². The molecule has 1 aliphatic carbocycles. The lowest BCUT2D eigenvalue weighted by Crippen LogP contribution is -2.37. The van der Waals surface area contributed by atoms with Gasteiger partial charge in [0.2, 0.25) is 5.91 Å². The van der Waals surface area contributed by atoms with Gasteiger partial charge in [-0.25, -0.2) is 4.68 Å². The Morgan fingerprint density at radius 1 is 1.11 bits per heavy atom. The minimum Gasteiger partial charge on any atom is -0.354 e. The lowest BCUT2D eigenvalue weighted by molar-refractivity contribution is -0.124. The zero-order valence-electron chi connectivity index (χ0n) is 15.7. The molecule has 0 radical (unpaired) electrons. The van der Waals surface area contributed by atoms with Gasteiger partial charge < -0.3 is 10.6 Å². The first-order valence-corrected chi connectivity index (χ1v) is 9.73. The Bertz CT molecular complexity index is 823. The van der Waals surface area contributed by atoms with Crippen LogP contribution in [0.15, 0.2) is 24.3 Å². The molecular weight excluding hydrogens is 364 g/mol. The van der Waals surface area contributed by atoms with Crippen molar-refractivity contribution in [3.8, 4) is 5.69 Å². The third kappa shape index (κ3) is 4.50. The van der Waals surface area contributed by atoms with E-state index in [9.17, 15) is 9.59 Å². The molecule has 0 bridgehead atoms. The molecule has 0 atom stereocenters. The fourth-order valence-electron chi connectivity index (χ4n) is 3.43. The molecule has 2 N–H and O–H groups in total. The summed E-state index contributed by atoms with van der Waals surface area (Å²) in [5.41, 5.74) is 3.05. The normalized spacial score (nSPS) is 14.3. The van der Waals surface area contributed by atoms with E-state index in [4.69, 9.17) is 11.6 Å². The van der Waals surface area contributed by atoms with Gasteiger partial charge in [-0.05, 0) is 51.0 Å². The number of benzene rings is 1. The minimum absolute atomic E-state index is 0.106. The second-order valence-electron chi connectivity index (χ2n) is 6.97. The number of hydrogen-bond acceptors (Lipinski definition) is 3. The molecule has 0 aliphatic heterocycles. The molecular formula is C20H25ClN4O2. The summed E-state index contributed by atoms with van der Waals surface area (Å²) in [6, 6.07) is 7.19. The summed E-state index contributed by atoms with van der Waals surface area (Å²) in [5.74, 6) is 0.0915. The third-order valence-corrected chi connectivity index (χ3v) is 5.56. The van der Waals surface area contributed by atoms with Crippen molar-refractivity contribution in [1.29, 1.82) is 0 Å². The van der Waals surface area contributed by atoms with Crippen molar-refractivity contribution in [2.75, 3.05) is 13.1 Å². The number of nitrogens with one attached hydrogen (secondary N) is 2. The van der Waals surface area contributed by atoms with E-state index in [1.165, 1.54) is 0 Å². The standard InChI is InChI=1S/C20H25ClN4O2/c1-13-18(21)14(2)25(24-13)17-9-7-16(8-10-17)20(27)23-12-11-22-19(26)15-5-3-4-6-15/h7-10,15H,3-6,11-12H2,1-2H3,(H,22,26)(H,23,27). The van der Waals surface area contributed by atoms with Gasteiger partial charge in [-0.15, -0.1) is 0 Å². The molecule has 1 aromatic heterocycles. The van der Waals surface area contributed by atoms with Crippen molar-refractivity contribution in [3.63, 3.8) is 0 Å². The third-order valence-electron chi connectivity index (χ3n) is 5.01. The number of amides is 2. The van der Waals surface area contributed by atoms with Crippen LogP contribution < -0.4 is 10.6 Å². The lowest BCUT2D eigenvalue weighted by Gasteiger charge is -2.11. The topological polar surface area (TPSA) is 76.0 Å². The number of carbonyl (C=O) groups is 2. The monoisotopic (exact) mass is 388 g/mol. The van der Waals surface area contributed by atoms with Gasteiger partial charge in [0.1, 0.15) is 0 Å². The Morgan fingerprint density at radius 2 is 1.74 bits per heavy atom. The Balaban J connectivity index is 1.50. The van der Waals surface area contributed by atoms with Crippen molar-refractivity contribution in [2.24, 2.45) is 5.92 Å². The largest absolute Gasteiger partial charge is 0.354 e. The van der Waals surface area contributed by atoms with Gasteiger partial charge in [-0.3, -0.25) is 9.59 Å². The van der Waals surface area contributed by atoms with Gasteiger partial charge in [0.25, 0.3) is 5.91 Å². The first-order chi connectivity index (χ1) is 13.0. The quantitative estimate of drug-likeness (QED) is 0.746. The zero-order chi connectivity index (χ0) is 19.4. The second kappa shape index (κ2) is 8.57. The Morgan fingerprint density at radius 3 is 2.33 bits per heavy atom. The summed E-state index contributed by atoms with van der Waals surface area (Å²) in [7, 11) is 0. The van der Waals surface area contributed by atoms with Crippen molar-refractivity contribution in [3.05, 3.63) is 46.2 Å². The number of carbonyl (C=O) groups excluding carboxylic acids is 2. The number of rotatable bonds is 6. The second-order valence-corrected chi connectivity index (χ2v) is 7.35. The summed E-state index contributed by atoms with van der Waals surface area (Å²) in [6.45, 7) is 4.62. The van der Waals surface area contributed by atoms with Crippen molar-refractivity contribution in [2.45, 2.75) is 39.5 Å². The van der Waals surface area contributed by atoms with E-state index in [-0.39, 0.29) is 17.7 Å². The summed E-state index contributed by atoms with van der Waals surface area (Å²) in [5, 5.41) is 10.8. The van der Waals surface area contributed by atoms with Crippen molar-refractivity contribution in [1.82, 2.24) is 20.4 Å². The zero-order valence-corrected chi connectivity index (χ0v) is 16.5. The highest BCUT2D eigenvalue weighted by Crippen LogP contribution is 2.24. The molecule has 0 unspecified atom stereocenters. The summed E-state index contributed by atoms with van der Waals surface area (Å²) in [6.07, 6.45) is 4.22. The van der Waals surface area contributed by atoms with Gasteiger partial charge in [-0.1, -0.05) is 24.4 Å². The number of halogens is 1. The van der Waals surface area contributed by atoms with Crippen molar-refractivity contribution < 1.29 is 9.59 Å². The highest BCUT2D eigenvalue weighted by atomic mass is 35.5. The first-order valence-electron chi connectivity index (χ1n) is 9.35. The van der Waals surface area contributed by atoms with Gasteiger partial charge >= 0.3 is 0 Å². The van der Waals surface area contributed by atoms with Crippen LogP contribution in [-0.4, -0.2) is 34.7 Å². The maximum absolute atomic E-state index is 12.3. The molecule has 1 fully saturated rings. The molecule has 1 aromatic carbocycles. The van der Waals surface area contributed by atoms with Gasteiger partial charge in [0.15, 0.2) is 0 Å². The number of hydrogen-bond donors (Lipinski definition) is 2. The number of nitrogens with zero attached hydrogens (tertiary/aromatic N) is 2.